The zero-order valence-corrected chi connectivity index (χ0v) is 8.70. The smallest absolute Gasteiger partial charge is 0.175 e. The van der Waals surface area contributed by atoms with E-state index in [-0.39, 0.29) is 5.41 Å². The van der Waals surface area contributed by atoms with Crippen LogP contribution in [-0.4, -0.2) is 33.8 Å². The molecule has 1 heterocycles. The summed E-state index contributed by atoms with van der Waals surface area (Å²) in [5.74, 6) is 0.808. The van der Waals surface area contributed by atoms with Crippen molar-refractivity contribution in [3.8, 4) is 0 Å². The van der Waals surface area contributed by atoms with Gasteiger partial charge in [-0.1, -0.05) is 13.8 Å². The third-order valence-electron chi connectivity index (χ3n) is 1.84. The van der Waals surface area contributed by atoms with Crippen LogP contribution in [0.15, 0.2) is 0 Å². The van der Waals surface area contributed by atoms with E-state index in [1.807, 2.05) is 7.05 Å². The quantitative estimate of drug-likeness (QED) is 0.713. The summed E-state index contributed by atoms with van der Waals surface area (Å²) in [5.41, 5.74) is 0.178. The minimum atomic E-state index is 0.178. The molecule has 0 unspecified atom stereocenters. The van der Waals surface area contributed by atoms with E-state index in [2.05, 4.69) is 34.6 Å². The Morgan fingerprint density at radius 2 is 2.15 bits per heavy atom. The lowest BCUT2D eigenvalue weighted by molar-refractivity contribution is 0.342. The van der Waals surface area contributed by atoms with Gasteiger partial charge < -0.3 is 5.32 Å². The largest absolute Gasteiger partial charge is 0.319 e. The molecule has 0 bridgehead atoms. The van der Waals surface area contributed by atoms with Crippen molar-refractivity contribution in [3.63, 3.8) is 0 Å². The van der Waals surface area contributed by atoms with Gasteiger partial charge in [-0.15, -0.1) is 10.2 Å². The number of nitrogens with one attached hydrogen (secondary N) is 1. The van der Waals surface area contributed by atoms with Crippen LogP contribution in [0, 0.1) is 5.41 Å². The minimum absolute atomic E-state index is 0.178. The van der Waals surface area contributed by atoms with Crippen LogP contribution in [0.5, 0.6) is 0 Å². The van der Waals surface area contributed by atoms with Crippen molar-refractivity contribution in [1.82, 2.24) is 25.5 Å². The number of aromatic nitrogens is 4. The van der Waals surface area contributed by atoms with Crippen molar-refractivity contribution in [1.29, 1.82) is 0 Å². The summed E-state index contributed by atoms with van der Waals surface area (Å²) < 4.78 is 0. The second kappa shape index (κ2) is 3.83. The van der Waals surface area contributed by atoms with Crippen molar-refractivity contribution < 1.29 is 0 Å². The predicted octanol–water partition coefficient (Wildman–Crippen LogP) is -0.00180. The summed E-state index contributed by atoms with van der Waals surface area (Å²) in [4.78, 5) is 1.49. The summed E-state index contributed by atoms with van der Waals surface area (Å²) in [6, 6.07) is 0. The molecule has 5 heteroatoms. The molecule has 0 saturated heterocycles. The number of aryl methyl sites for hydroxylation is 1. The predicted molar refractivity (Wildman–Crippen MR) is 50.2 cm³/mol. The highest BCUT2D eigenvalue weighted by molar-refractivity contribution is 4.86. The molecule has 1 N–H and O–H groups in total. The first-order chi connectivity index (χ1) is 6.03. The molecule has 0 aromatic carbocycles. The molecule has 0 saturated carbocycles. The zero-order valence-electron chi connectivity index (χ0n) is 8.70. The molecule has 0 aliphatic carbocycles. The van der Waals surface area contributed by atoms with Gasteiger partial charge in [-0.05, 0) is 17.7 Å². The van der Waals surface area contributed by atoms with Crippen molar-refractivity contribution in [3.05, 3.63) is 5.82 Å². The molecule has 0 fully saturated rings. The molecule has 13 heavy (non-hydrogen) atoms. The maximum atomic E-state index is 4.14. The van der Waals surface area contributed by atoms with Gasteiger partial charge in [-0.2, -0.15) is 4.80 Å². The molecule has 74 valence electrons. The first-order valence-corrected chi connectivity index (χ1v) is 4.41. The molecule has 0 aliphatic rings. The molecule has 1 aromatic rings. The summed E-state index contributed by atoms with van der Waals surface area (Å²) in [6.45, 7) is 5.31. The fraction of sp³-hybridized carbons (Fsp3) is 0.875. The summed E-state index contributed by atoms with van der Waals surface area (Å²) in [6.07, 6.45) is 0.849. The Balaban J connectivity index is 2.57. The van der Waals surface area contributed by atoms with E-state index >= 15 is 0 Å². The number of rotatable bonds is 4. The monoisotopic (exact) mass is 183 g/mol. The lowest BCUT2D eigenvalue weighted by Gasteiger charge is -2.21. The van der Waals surface area contributed by atoms with Crippen LogP contribution in [-0.2, 0) is 13.5 Å². The Bertz CT molecular complexity index is 265. The van der Waals surface area contributed by atoms with Crippen LogP contribution in [0.25, 0.3) is 0 Å². The maximum absolute atomic E-state index is 4.14. The molecular formula is C8H17N5. The SMILES string of the molecule is CNCC(C)(C)Cc1nnn(C)n1. The van der Waals surface area contributed by atoms with E-state index in [0.29, 0.717) is 0 Å². The Morgan fingerprint density at radius 1 is 1.46 bits per heavy atom. The van der Waals surface area contributed by atoms with Gasteiger partial charge in [-0.3, -0.25) is 0 Å². The van der Waals surface area contributed by atoms with Crippen LogP contribution in [0.3, 0.4) is 0 Å². The van der Waals surface area contributed by atoms with Gasteiger partial charge in [0.2, 0.25) is 0 Å². The third kappa shape index (κ3) is 3.10. The summed E-state index contributed by atoms with van der Waals surface area (Å²) in [7, 11) is 3.73. The summed E-state index contributed by atoms with van der Waals surface area (Å²) >= 11 is 0. The number of hydrogen-bond acceptors (Lipinski definition) is 4. The van der Waals surface area contributed by atoms with Crippen molar-refractivity contribution in [2.24, 2.45) is 12.5 Å². The lowest BCUT2D eigenvalue weighted by atomic mass is 9.89. The second-order valence-electron chi connectivity index (χ2n) is 4.07. The average molecular weight is 183 g/mol. The van der Waals surface area contributed by atoms with Gasteiger partial charge in [-0.25, -0.2) is 0 Å². The average Bonchev–Trinajstić information content (AvgIpc) is 2.34. The molecule has 0 aliphatic heterocycles. The van der Waals surface area contributed by atoms with Gasteiger partial charge in [0, 0.05) is 13.0 Å². The van der Waals surface area contributed by atoms with Crippen LogP contribution in [0.4, 0.5) is 0 Å². The first kappa shape index (κ1) is 10.1. The molecule has 0 spiro atoms. The Morgan fingerprint density at radius 3 is 2.62 bits per heavy atom. The van der Waals surface area contributed by atoms with Crippen LogP contribution >= 0.6 is 0 Å². The standard InChI is InChI=1S/C8H17N5/c1-8(2,6-9-3)5-7-10-12-13(4)11-7/h9H,5-6H2,1-4H3. The van der Waals surface area contributed by atoms with E-state index in [1.165, 1.54) is 4.80 Å². The third-order valence-corrected chi connectivity index (χ3v) is 1.84. The van der Waals surface area contributed by atoms with Gasteiger partial charge in [0.15, 0.2) is 5.82 Å². The molecule has 1 rings (SSSR count). The number of tetrazole rings is 1. The Labute approximate surface area is 78.5 Å². The number of nitrogens with zero attached hydrogens (tertiary/aromatic N) is 4. The fourth-order valence-corrected chi connectivity index (χ4v) is 1.36. The molecule has 0 amide bonds. The zero-order chi connectivity index (χ0) is 9.90. The highest BCUT2D eigenvalue weighted by Gasteiger charge is 2.19. The fourth-order valence-electron chi connectivity index (χ4n) is 1.36. The normalized spacial score (nSPS) is 12.0. The molecular weight excluding hydrogens is 166 g/mol. The number of hydrogen-bond donors (Lipinski definition) is 1. The molecule has 1 aromatic heterocycles. The summed E-state index contributed by atoms with van der Waals surface area (Å²) in [5, 5.41) is 15.1. The van der Waals surface area contributed by atoms with Gasteiger partial charge in [0.1, 0.15) is 0 Å². The topological polar surface area (TPSA) is 55.6 Å². The van der Waals surface area contributed by atoms with Crippen molar-refractivity contribution >= 4 is 0 Å². The van der Waals surface area contributed by atoms with Crippen LogP contribution < -0.4 is 5.32 Å². The highest BCUT2D eigenvalue weighted by atomic mass is 15.6. The second-order valence-corrected chi connectivity index (χ2v) is 4.07. The van der Waals surface area contributed by atoms with Gasteiger partial charge >= 0.3 is 0 Å². The Hall–Kier alpha value is -0.970. The molecule has 5 nitrogen and oxygen atoms in total. The minimum Gasteiger partial charge on any atom is -0.319 e. The maximum Gasteiger partial charge on any atom is 0.175 e. The van der Waals surface area contributed by atoms with Crippen LogP contribution in [0.2, 0.25) is 0 Å². The molecule has 0 radical (unpaired) electrons. The van der Waals surface area contributed by atoms with E-state index in [1.54, 1.807) is 7.05 Å². The first-order valence-electron chi connectivity index (χ1n) is 4.41. The van der Waals surface area contributed by atoms with Crippen molar-refractivity contribution in [2.45, 2.75) is 20.3 Å². The highest BCUT2D eigenvalue weighted by Crippen LogP contribution is 2.17. The van der Waals surface area contributed by atoms with Crippen molar-refractivity contribution in [2.75, 3.05) is 13.6 Å². The van der Waals surface area contributed by atoms with Crippen LogP contribution in [0.1, 0.15) is 19.7 Å². The lowest BCUT2D eigenvalue weighted by Crippen LogP contribution is -2.29. The van der Waals surface area contributed by atoms with E-state index < -0.39 is 0 Å². The molecule has 0 atom stereocenters. The Kier molecular flexibility index (Phi) is 2.98. The van der Waals surface area contributed by atoms with Gasteiger partial charge in [0.05, 0.1) is 7.05 Å². The van der Waals surface area contributed by atoms with E-state index in [9.17, 15) is 0 Å². The van der Waals surface area contributed by atoms with E-state index in [4.69, 9.17) is 0 Å². The van der Waals surface area contributed by atoms with E-state index in [0.717, 1.165) is 18.8 Å². The van der Waals surface area contributed by atoms with Gasteiger partial charge in [0.25, 0.3) is 0 Å².